The lowest BCUT2D eigenvalue weighted by atomic mass is 9.76. The summed E-state index contributed by atoms with van der Waals surface area (Å²) in [5.74, 6) is -0.108. The van der Waals surface area contributed by atoms with E-state index in [0.29, 0.717) is 5.92 Å². The lowest BCUT2D eigenvalue weighted by Crippen LogP contribution is -2.45. The molecular formula is C13H25NO3. The fraction of sp³-hybridized carbons (Fsp3) is 0.923. The largest absolute Gasteiger partial charge is 0.481 e. The Balaban J connectivity index is 2.42. The van der Waals surface area contributed by atoms with Crippen LogP contribution in [0.25, 0.3) is 0 Å². The van der Waals surface area contributed by atoms with Gasteiger partial charge in [-0.25, -0.2) is 0 Å². The molecule has 1 rings (SSSR count). The van der Waals surface area contributed by atoms with E-state index in [-0.39, 0.29) is 0 Å². The van der Waals surface area contributed by atoms with E-state index in [2.05, 4.69) is 11.8 Å². The highest BCUT2D eigenvalue weighted by Gasteiger charge is 2.39. The van der Waals surface area contributed by atoms with Crippen LogP contribution in [0.4, 0.5) is 0 Å². The highest BCUT2D eigenvalue weighted by Crippen LogP contribution is 2.35. The van der Waals surface area contributed by atoms with Gasteiger partial charge in [0.25, 0.3) is 0 Å². The second kappa shape index (κ2) is 6.36. The number of carboxylic acid groups (broad SMARTS) is 1. The number of hydrogen-bond acceptors (Lipinski definition) is 3. The standard InChI is InChI=1S/C13H25NO3/c1-4-13(12(15)16)5-7-14(8-6-13)9-11(2)10-17-3/h11H,4-10H2,1-3H3,(H,15,16). The minimum Gasteiger partial charge on any atom is -0.481 e. The molecule has 0 aromatic carbocycles. The number of methoxy groups -OCH3 is 1. The Morgan fingerprint density at radius 3 is 2.47 bits per heavy atom. The molecule has 0 saturated carbocycles. The Labute approximate surface area is 104 Å². The maximum absolute atomic E-state index is 11.3. The van der Waals surface area contributed by atoms with Crippen molar-refractivity contribution in [1.29, 1.82) is 0 Å². The second-order valence-electron chi connectivity index (χ2n) is 5.30. The van der Waals surface area contributed by atoms with E-state index in [1.807, 2.05) is 6.92 Å². The first kappa shape index (κ1) is 14.5. The normalized spacial score (nSPS) is 22.3. The van der Waals surface area contributed by atoms with Crippen LogP contribution in [0.15, 0.2) is 0 Å². The lowest BCUT2D eigenvalue weighted by molar-refractivity contribution is -0.152. The number of ether oxygens (including phenoxy) is 1. The van der Waals surface area contributed by atoms with Crippen LogP contribution >= 0.6 is 0 Å². The molecule has 4 heteroatoms. The van der Waals surface area contributed by atoms with Gasteiger partial charge in [0.1, 0.15) is 0 Å². The zero-order valence-electron chi connectivity index (χ0n) is 11.2. The van der Waals surface area contributed by atoms with Crippen molar-refractivity contribution in [2.24, 2.45) is 11.3 Å². The predicted octanol–water partition coefficient (Wildman–Crippen LogP) is 1.85. The van der Waals surface area contributed by atoms with Crippen LogP contribution in [0.5, 0.6) is 0 Å². The summed E-state index contributed by atoms with van der Waals surface area (Å²) in [7, 11) is 1.72. The van der Waals surface area contributed by atoms with E-state index in [0.717, 1.165) is 45.5 Å². The van der Waals surface area contributed by atoms with Gasteiger partial charge in [-0.2, -0.15) is 0 Å². The Bertz CT molecular complexity index is 247. The fourth-order valence-electron chi connectivity index (χ4n) is 2.66. The Kier molecular flexibility index (Phi) is 5.40. The van der Waals surface area contributed by atoms with E-state index in [4.69, 9.17) is 4.74 Å². The zero-order valence-corrected chi connectivity index (χ0v) is 11.2. The van der Waals surface area contributed by atoms with Gasteiger partial charge in [-0.15, -0.1) is 0 Å². The predicted molar refractivity (Wildman–Crippen MR) is 67.1 cm³/mol. The molecule has 1 atom stereocenters. The summed E-state index contributed by atoms with van der Waals surface area (Å²) in [6.07, 6.45) is 2.29. The molecule has 1 N–H and O–H groups in total. The third-order valence-electron chi connectivity index (χ3n) is 3.96. The van der Waals surface area contributed by atoms with Gasteiger partial charge in [0.2, 0.25) is 0 Å². The number of hydrogen-bond donors (Lipinski definition) is 1. The van der Waals surface area contributed by atoms with Gasteiger partial charge < -0.3 is 14.7 Å². The average molecular weight is 243 g/mol. The molecule has 0 aromatic rings. The number of aliphatic carboxylic acids is 1. The summed E-state index contributed by atoms with van der Waals surface area (Å²) in [6.45, 7) is 7.73. The van der Waals surface area contributed by atoms with Crippen LogP contribution in [0.1, 0.15) is 33.1 Å². The van der Waals surface area contributed by atoms with Gasteiger partial charge in [0.15, 0.2) is 0 Å². The van der Waals surface area contributed by atoms with Crippen molar-refractivity contribution in [2.45, 2.75) is 33.1 Å². The van der Waals surface area contributed by atoms with Gasteiger partial charge in [-0.05, 0) is 38.3 Å². The smallest absolute Gasteiger partial charge is 0.309 e. The SMILES string of the molecule is CCC1(C(=O)O)CCN(CC(C)COC)CC1. The number of carboxylic acids is 1. The van der Waals surface area contributed by atoms with Gasteiger partial charge in [-0.3, -0.25) is 4.79 Å². The van der Waals surface area contributed by atoms with Crippen molar-refractivity contribution in [3.63, 3.8) is 0 Å². The van der Waals surface area contributed by atoms with Crippen molar-refractivity contribution >= 4 is 5.97 Å². The number of piperidine rings is 1. The van der Waals surface area contributed by atoms with Crippen molar-refractivity contribution < 1.29 is 14.6 Å². The molecule has 1 heterocycles. The topological polar surface area (TPSA) is 49.8 Å². The molecule has 0 amide bonds. The molecule has 1 saturated heterocycles. The summed E-state index contributed by atoms with van der Waals surface area (Å²) < 4.78 is 5.12. The molecule has 1 unspecified atom stereocenters. The first-order valence-corrected chi connectivity index (χ1v) is 6.48. The van der Waals surface area contributed by atoms with Gasteiger partial charge in [0.05, 0.1) is 5.41 Å². The van der Waals surface area contributed by atoms with Crippen LogP contribution in [-0.2, 0) is 9.53 Å². The Morgan fingerprint density at radius 2 is 2.06 bits per heavy atom. The van der Waals surface area contributed by atoms with Crippen molar-refractivity contribution in [3.05, 3.63) is 0 Å². The minimum atomic E-state index is -0.621. The van der Waals surface area contributed by atoms with Crippen LogP contribution < -0.4 is 0 Å². The van der Waals surface area contributed by atoms with Gasteiger partial charge in [-0.1, -0.05) is 13.8 Å². The molecular weight excluding hydrogens is 218 g/mol. The lowest BCUT2D eigenvalue weighted by Gasteiger charge is -2.39. The maximum atomic E-state index is 11.3. The van der Waals surface area contributed by atoms with Crippen molar-refractivity contribution in [3.8, 4) is 0 Å². The van der Waals surface area contributed by atoms with E-state index in [9.17, 15) is 9.90 Å². The molecule has 0 radical (unpaired) electrons. The van der Waals surface area contributed by atoms with Crippen LogP contribution in [0.3, 0.4) is 0 Å². The molecule has 1 aliphatic rings. The average Bonchev–Trinajstić information content (AvgIpc) is 2.30. The molecule has 17 heavy (non-hydrogen) atoms. The van der Waals surface area contributed by atoms with Crippen LogP contribution in [-0.4, -0.2) is 49.3 Å². The fourth-order valence-corrected chi connectivity index (χ4v) is 2.66. The monoisotopic (exact) mass is 243 g/mol. The number of rotatable bonds is 6. The highest BCUT2D eigenvalue weighted by atomic mass is 16.5. The van der Waals surface area contributed by atoms with E-state index < -0.39 is 11.4 Å². The molecule has 0 bridgehead atoms. The maximum Gasteiger partial charge on any atom is 0.309 e. The number of nitrogens with zero attached hydrogens (tertiary/aromatic N) is 1. The minimum absolute atomic E-state index is 0.471. The molecule has 1 fully saturated rings. The molecule has 0 spiro atoms. The summed E-state index contributed by atoms with van der Waals surface area (Å²) in [5.41, 5.74) is -0.471. The van der Waals surface area contributed by atoms with Crippen LogP contribution in [0.2, 0.25) is 0 Å². The van der Waals surface area contributed by atoms with Crippen molar-refractivity contribution in [1.82, 2.24) is 4.90 Å². The summed E-state index contributed by atoms with van der Waals surface area (Å²) >= 11 is 0. The first-order valence-electron chi connectivity index (χ1n) is 6.48. The third-order valence-corrected chi connectivity index (χ3v) is 3.96. The Hall–Kier alpha value is -0.610. The van der Waals surface area contributed by atoms with Gasteiger partial charge in [0, 0.05) is 20.3 Å². The van der Waals surface area contributed by atoms with E-state index in [1.165, 1.54) is 0 Å². The number of likely N-dealkylation sites (tertiary alicyclic amines) is 1. The Morgan fingerprint density at radius 1 is 1.47 bits per heavy atom. The quantitative estimate of drug-likeness (QED) is 0.773. The van der Waals surface area contributed by atoms with E-state index >= 15 is 0 Å². The molecule has 100 valence electrons. The molecule has 1 aliphatic heterocycles. The number of carbonyl (C=O) groups is 1. The highest BCUT2D eigenvalue weighted by molar-refractivity contribution is 5.74. The summed E-state index contributed by atoms with van der Waals surface area (Å²) in [6, 6.07) is 0. The first-order chi connectivity index (χ1) is 8.04. The van der Waals surface area contributed by atoms with Crippen LogP contribution in [0, 0.1) is 11.3 Å². The van der Waals surface area contributed by atoms with Crippen molar-refractivity contribution in [2.75, 3.05) is 33.4 Å². The second-order valence-corrected chi connectivity index (χ2v) is 5.30. The molecule has 0 aliphatic carbocycles. The zero-order chi connectivity index (χ0) is 12.9. The van der Waals surface area contributed by atoms with Gasteiger partial charge >= 0.3 is 5.97 Å². The van der Waals surface area contributed by atoms with E-state index in [1.54, 1.807) is 7.11 Å². The summed E-state index contributed by atoms with van der Waals surface area (Å²) in [4.78, 5) is 13.7. The molecule has 4 nitrogen and oxygen atoms in total. The molecule has 0 aromatic heterocycles. The third kappa shape index (κ3) is 3.68. The summed E-state index contributed by atoms with van der Waals surface area (Å²) in [5, 5.41) is 9.30.